The number of amides is 2. The first-order valence-corrected chi connectivity index (χ1v) is 8.25. The molecule has 0 aliphatic heterocycles. The maximum Gasteiger partial charge on any atom is 0.250 e. The van der Waals surface area contributed by atoms with Gasteiger partial charge in [-0.25, -0.2) is 9.37 Å². The number of hydrogen-bond donors (Lipinski definition) is 2. The highest BCUT2D eigenvalue weighted by Crippen LogP contribution is 2.28. The first-order valence-electron chi connectivity index (χ1n) is 7.43. The van der Waals surface area contributed by atoms with Gasteiger partial charge in [0.1, 0.15) is 5.82 Å². The topological polar surface area (TPSA) is 71.1 Å². The molecule has 2 N–H and O–H groups in total. The van der Waals surface area contributed by atoms with Crippen LogP contribution in [0.2, 0.25) is 0 Å². The van der Waals surface area contributed by atoms with Gasteiger partial charge in [0, 0.05) is 24.3 Å². The predicted octanol–water partition coefficient (Wildman–Crippen LogP) is 4.05. The molecule has 0 radical (unpaired) electrons. The molecule has 0 spiro atoms. The molecule has 3 aromatic rings. The second kappa shape index (κ2) is 7.23. The van der Waals surface area contributed by atoms with E-state index in [2.05, 4.69) is 15.6 Å². The summed E-state index contributed by atoms with van der Waals surface area (Å²) >= 11 is 1.29. The first-order chi connectivity index (χ1) is 12.0. The van der Waals surface area contributed by atoms with Crippen LogP contribution in [0, 0.1) is 5.82 Å². The summed E-state index contributed by atoms with van der Waals surface area (Å²) in [6, 6.07) is 11.5. The van der Waals surface area contributed by atoms with E-state index in [1.165, 1.54) is 36.5 Å². The summed E-state index contributed by atoms with van der Waals surface area (Å²) in [5.41, 5.74) is 1.72. The largest absolute Gasteiger partial charge is 0.326 e. The van der Waals surface area contributed by atoms with E-state index in [1.807, 2.05) is 0 Å². The second-order valence-electron chi connectivity index (χ2n) is 5.23. The number of thiazole rings is 1. The minimum absolute atomic E-state index is 0.157. The minimum atomic E-state index is -0.399. The van der Waals surface area contributed by atoms with E-state index in [4.69, 9.17) is 0 Å². The lowest BCUT2D eigenvalue weighted by Gasteiger charge is -1.99. The van der Waals surface area contributed by atoms with Gasteiger partial charge in [-0.15, -0.1) is 0 Å². The molecular weight excluding hydrogens is 341 g/mol. The summed E-state index contributed by atoms with van der Waals surface area (Å²) in [4.78, 5) is 27.4. The normalized spacial score (nSPS) is 11.0. The number of nitrogens with one attached hydrogen (secondary N) is 2. The number of anilines is 2. The summed E-state index contributed by atoms with van der Waals surface area (Å²) in [6.45, 7) is 1.43. The fourth-order valence-electron chi connectivity index (χ4n) is 2.18. The monoisotopic (exact) mass is 355 g/mol. The van der Waals surface area contributed by atoms with Crippen molar-refractivity contribution in [2.75, 3.05) is 10.6 Å². The number of benzene rings is 2. The number of fused-ring (bicyclic) bond motifs is 1. The van der Waals surface area contributed by atoms with Crippen LogP contribution in [0.15, 0.2) is 48.5 Å². The van der Waals surface area contributed by atoms with E-state index in [0.717, 1.165) is 4.70 Å². The fourth-order valence-corrected chi connectivity index (χ4v) is 3.09. The molecule has 0 aliphatic rings. The maximum absolute atomic E-state index is 13.5. The summed E-state index contributed by atoms with van der Waals surface area (Å²) < 4.78 is 14.3. The van der Waals surface area contributed by atoms with Crippen LogP contribution in [0.3, 0.4) is 0 Å². The van der Waals surface area contributed by atoms with Gasteiger partial charge in [0.15, 0.2) is 5.13 Å². The van der Waals surface area contributed by atoms with Crippen molar-refractivity contribution in [3.63, 3.8) is 0 Å². The molecule has 2 amide bonds. The second-order valence-corrected chi connectivity index (χ2v) is 6.26. The van der Waals surface area contributed by atoms with Gasteiger partial charge in [-0.3, -0.25) is 14.9 Å². The van der Waals surface area contributed by atoms with Gasteiger partial charge in [0.05, 0.1) is 10.2 Å². The number of hydrogen-bond acceptors (Lipinski definition) is 4. The summed E-state index contributed by atoms with van der Waals surface area (Å²) in [7, 11) is 0. The van der Waals surface area contributed by atoms with Crippen LogP contribution < -0.4 is 10.6 Å². The lowest BCUT2D eigenvalue weighted by atomic mass is 10.2. The van der Waals surface area contributed by atoms with Crippen molar-refractivity contribution < 1.29 is 14.0 Å². The third-order valence-corrected chi connectivity index (χ3v) is 4.19. The average molecular weight is 355 g/mol. The van der Waals surface area contributed by atoms with Crippen LogP contribution in [0.25, 0.3) is 16.3 Å². The molecule has 0 aliphatic carbocycles. The number of halogens is 1. The van der Waals surface area contributed by atoms with Crippen molar-refractivity contribution in [2.45, 2.75) is 6.92 Å². The highest BCUT2D eigenvalue weighted by molar-refractivity contribution is 7.22. The quantitative estimate of drug-likeness (QED) is 0.694. The third kappa shape index (κ3) is 4.27. The summed E-state index contributed by atoms with van der Waals surface area (Å²) in [5.74, 6) is -0.947. The van der Waals surface area contributed by atoms with Crippen molar-refractivity contribution in [1.82, 2.24) is 4.98 Å². The lowest BCUT2D eigenvalue weighted by molar-refractivity contribution is -0.114. The van der Waals surface area contributed by atoms with Gasteiger partial charge in [-0.05, 0) is 30.3 Å². The van der Waals surface area contributed by atoms with Gasteiger partial charge in [-0.1, -0.05) is 29.5 Å². The van der Waals surface area contributed by atoms with E-state index < -0.39 is 11.7 Å². The van der Waals surface area contributed by atoms with Crippen molar-refractivity contribution in [2.24, 2.45) is 0 Å². The van der Waals surface area contributed by atoms with Gasteiger partial charge in [0.2, 0.25) is 11.8 Å². The van der Waals surface area contributed by atoms with Crippen LogP contribution in [-0.4, -0.2) is 16.8 Å². The Morgan fingerprint density at radius 2 is 1.96 bits per heavy atom. The van der Waals surface area contributed by atoms with Crippen LogP contribution in [0.5, 0.6) is 0 Å². The molecule has 0 saturated heterocycles. The van der Waals surface area contributed by atoms with Crippen molar-refractivity contribution in [1.29, 1.82) is 0 Å². The molecule has 0 unspecified atom stereocenters. The predicted molar refractivity (Wildman–Crippen MR) is 98.0 cm³/mol. The number of carbonyl (C=O) groups is 2. The standard InChI is InChI=1S/C18H14FN3O2S/c1-11(23)20-13-7-8-15-16(10-13)25-18(21-15)22-17(24)9-6-12-4-2-3-5-14(12)19/h2-10H,1H3,(H,20,23)(H,21,22,24)/b9-6+. The van der Waals surface area contributed by atoms with Crippen LogP contribution >= 0.6 is 11.3 Å². The zero-order valence-corrected chi connectivity index (χ0v) is 14.1. The molecule has 0 saturated carbocycles. The van der Waals surface area contributed by atoms with Crippen LogP contribution in [-0.2, 0) is 9.59 Å². The van der Waals surface area contributed by atoms with Crippen molar-refractivity contribution in [3.8, 4) is 0 Å². The third-order valence-electron chi connectivity index (χ3n) is 3.26. The highest BCUT2D eigenvalue weighted by Gasteiger charge is 2.07. The molecule has 7 heteroatoms. The lowest BCUT2D eigenvalue weighted by Crippen LogP contribution is -2.07. The average Bonchev–Trinajstić information content (AvgIpc) is 2.95. The maximum atomic E-state index is 13.5. The van der Waals surface area contributed by atoms with E-state index >= 15 is 0 Å². The molecule has 1 aromatic heterocycles. The summed E-state index contributed by atoms with van der Waals surface area (Å²) in [6.07, 6.45) is 2.67. The molecule has 1 heterocycles. The number of carbonyl (C=O) groups excluding carboxylic acids is 2. The Kier molecular flexibility index (Phi) is 4.85. The molecule has 0 bridgehead atoms. The Balaban J connectivity index is 1.73. The zero-order valence-electron chi connectivity index (χ0n) is 13.2. The fraction of sp³-hybridized carbons (Fsp3) is 0.0556. The molecular formula is C18H14FN3O2S. The van der Waals surface area contributed by atoms with E-state index in [1.54, 1.807) is 36.4 Å². The van der Waals surface area contributed by atoms with E-state index in [0.29, 0.717) is 21.9 Å². The molecule has 2 aromatic carbocycles. The van der Waals surface area contributed by atoms with Crippen molar-refractivity contribution >= 4 is 50.3 Å². The van der Waals surface area contributed by atoms with Gasteiger partial charge >= 0.3 is 0 Å². The SMILES string of the molecule is CC(=O)Nc1ccc2nc(NC(=O)/C=C/c3ccccc3F)sc2c1. The molecule has 3 rings (SSSR count). The van der Waals surface area contributed by atoms with E-state index in [9.17, 15) is 14.0 Å². The number of aromatic nitrogens is 1. The first kappa shape index (κ1) is 16.8. The zero-order chi connectivity index (χ0) is 17.8. The Morgan fingerprint density at radius 1 is 1.16 bits per heavy atom. The van der Waals surface area contributed by atoms with Gasteiger partial charge in [0.25, 0.3) is 0 Å². The Labute approximate surface area is 147 Å². The van der Waals surface area contributed by atoms with Crippen molar-refractivity contribution in [3.05, 3.63) is 59.9 Å². The Morgan fingerprint density at radius 3 is 2.72 bits per heavy atom. The highest BCUT2D eigenvalue weighted by atomic mass is 32.1. The Bertz CT molecular complexity index is 981. The molecule has 25 heavy (non-hydrogen) atoms. The Hall–Kier alpha value is -3.06. The van der Waals surface area contributed by atoms with Gasteiger partial charge < -0.3 is 5.32 Å². The van der Waals surface area contributed by atoms with Crippen LogP contribution in [0.4, 0.5) is 15.2 Å². The van der Waals surface area contributed by atoms with Crippen LogP contribution in [0.1, 0.15) is 12.5 Å². The minimum Gasteiger partial charge on any atom is -0.326 e. The van der Waals surface area contributed by atoms with Gasteiger partial charge in [-0.2, -0.15) is 0 Å². The smallest absolute Gasteiger partial charge is 0.250 e. The number of rotatable bonds is 4. The number of nitrogens with zero attached hydrogens (tertiary/aromatic N) is 1. The van der Waals surface area contributed by atoms with E-state index in [-0.39, 0.29) is 5.91 Å². The molecule has 0 fully saturated rings. The summed E-state index contributed by atoms with van der Waals surface area (Å²) in [5, 5.41) is 5.78. The molecule has 5 nitrogen and oxygen atoms in total. The molecule has 126 valence electrons. The molecule has 0 atom stereocenters.